The highest BCUT2D eigenvalue weighted by Crippen LogP contribution is 2.35. The van der Waals surface area contributed by atoms with Crippen molar-refractivity contribution in [2.45, 2.75) is 32.2 Å². The molecule has 0 aliphatic heterocycles. The molecule has 1 aliphatic rings. The van der Waals surface area contributed by atoms with E-state index in [1.807, 2.05) is 0 Å². The fourth-order valence-corrected chi connectivity index (χ4v) is 3.19. The smallest absolute Gasteiger partial charge is 0.0547 e. The first kappa shape index (κ1) is 13.3. The molecule has 0 saturated heterocycles. The molecule has 1 N–H and O–H groups in total. The molecule has 1 aromatic carbocycles. The van der Waals surface area contributed by atoms with Crippen LogP contribution >= 0.6 is 31.9 Å². The highest BCUT2D eigenvalue weighted by atomic mass is 79.9. The van der Waals surface area contributed by atoms with E-state index in [0.717, 1.165) is 11.0 Å². The first-order valence-corrected chi connectivity index (χ1v) is 7.68. The maximum absolute atomic E-state index is 3.66. The van der Waals surface area contributed by atoms with E-state index in [0.29, 0.717) is 6.04 Å². The molecule has 2 rings (SSSR count). The van der Waals surface area contributed by atoms with Crippen LogP contribution < -0.4 is 5.32 Å². The van der Waals surface area contributed by atoms with E-state index < -0.39 is 0 Å². The van der Waals surface area contributed by atoms with Crippen LogP contribution in [0.4, 0.5) is 0 Å². The van der Waals surface area contributed by atoms with E-state index in [2.05, 4.69) is 68.4 Å². The van der Waals surface area contributed by atoms with Gasteiger partial charge in [0, 0.05) is 8.95 Å². The molecule has 0 heterocycles. The lowest BCUT2D eigenvalue weighted by atomic mass is 9.98. The lowest BCUT2D eigenvalue weighted by Crippen LogP contribution is -2.22. The van der Waals surface area contributed by atoms with Crippen molar-refractivity contribution in [2.75, 3.05) is 6.54 Å². The summed E-state index contributed by atoms with van der Waals surface area (Å²) in [6.45, 7) is 3.15. The number of hydrogen-bond donors (Lipinski definition) is 1. The Hall–Kier alpha value is -0.120. The summed E-state index contributed by atoms with van der Waals surface area (Å²) in [7, 11) is 0. The molecule has 0 amide bonds. The van der Waals surface area contributed by atoms with Gasteiger partial charge in [0.05, 0.1) is 6.04 Å². The maximum Gasteiger partial charge on any atom is 0.0547 e. The van der Waals surface area contributed by atoms with E-state index in [4.69, 9.17) is 0 Å². The SMILES string of the molecule is CCNC(C1=CCCC1)c1cc(Br)ccc1Br. The summed E-state index contributed by atoms with van der Waals surface area (Å²) in [4.78, 5) is 0. The van der Waals surface area contributed by atoms with Crippen molar-refractivity contribution in [2.24, 2.45) is 0 Å². The first-order valence-electron chi connectivity index (χ1n) is 6.09. The van der Waals surface area contributed by atoms with E-state index in [9.17, 15) is 0 Å². The van der Waals surface area contributed by atoms with Crippen molar-refractivity contribution in [1.29, 1.82) is 0 Å². The van der Waals surface area contributed by atoms with Gasteiger partial charge < -0.3 is 5.32 Å². The Kier molecular flexibility index (Phi) is 4.83. The number of nitrogens with one attached hydrogen (secondary N) is 1. The van der Waals surface area contributed by atoms with Crippen LogP contribution in [-0.4, -0.2) is 6.54 Å². The molecule has 0 spiro atoms. The molecule has 0 fully saturated rings. The molecular formula is C14H17Br2N. The second kappa shape index (κ2) is 6.17. The number of likely N-dealkylation sites (N-methyl/N-ethyl adjacent to an activating group) is 1. The fourth-order valence-electron chi connectivity index (χ4n) is 2.34. The number of allylic oxidation sites excluding steroid dienone is 1. The number of benzene rings is 1. The van der Waals surface area contributed by atoms with Crippen LogP contribution in [-0.2, 0) is 0 Å². The van der Waals surface area contributed by atoms with Crippen molar-refractivity contribution in [3.63, 3.8) is 0 Å². The van der Waals surface area contributed by atoms with Gasteiger partial charge in [-0.05, 0) is 49.6 Å². The first-order chi connectivity index (χ1) is 8.22. The quantitative estimate of drug-likeness (QED) is 0.749. The third kappa shape index (κ3) is 3.21. The molecule has 92 valence electrons. The topological polar surface area (TPSA) is 12.0 Å². The van der Waals surface area contributed by atoms with Crippen molar-refractivity contribution in [3.8, 4) is 0 Å². The molecular weight excluding hydrogens is 342 g/mol. The van der Waals surface area contributed by atoms with Gasteiger partial charge in [-0.3, -0.25) is 0 Å². The molecule has 0 bridgehead atoms. The summed E-state index contributed by atoms with van der Waals surface area (Å²) >= 11 is 7.22. The van der Waals surface area contributed by atoms with Crippen LogP contribution in [0.15, 0.2) is 38.8 Å². The molecule has 1 aromatic rings. The predicted molar refractivity (Wildman–Crippen MR) is 80.2 cm³/mol. The fraction of sp³-hybridized carbons (Fsp3) is 0.429. The molecule has 1 unspecified atom stereocenters. The van der Waals surface area contributed by atoms with Gasteiger partial charge in [-0.25, -0.2) is 0 Å². The van der Waals surface area contributed by atoms with E-state index >= 15 is 0 Å². The minimum Gasteiger partial charge on any atom is -0.307 e. The van der Waals surface area contributed by atoms with Gasteiger partial charge in [0.25, 0.3) is 0 Å². The summed E-state index contributed by atoms with van der Waals surface area (Å²) in [5.41, 5.74) is 2.86. The Morgan fingerprint density at radius 1 is 1.35 bits per heavy atom. The second-order valence-electron chi connectivity index (χ2n) is 4.33. The Bertz CT molecular complexity index is 426. The van der Waals surface area contributed by atoms with Crippen molar-refractivity contribution in [3.05, 3.63) is 44.4 Å². The lowest BCUT2D eigenvalue weighted by molar-refractivity contribution is 0.603. The summed E-state index contributed by atoms with van der Waals surface area (Å²) in [5.74, 6) is 0. The zero-order valence-electron chi connectivity index (χ0n) is 9.97. The van der Waals surface area contributed by atoms with E-state index in [1.165, 1.54) is 34.9 Å². The molecule has 17 heavy (non-hydrogen) atoms. The summed E-state index contributed by atoms with van der Waals surface area (Å²) in [6, 6.07) is 6.74. The van der Waals surface area contributed by atoms with Crippen LogP contribution in [0.2, 0.25) is 0 Å². The van der Waals surface area contributed by atoms with Gasteiger partial charge in [-0.2, -0.15) is 0 Å². The largest absolute Gasteiger partial charge is 0.307 e. The minimum atomic E-state index is 0.356. The van der Waals surface area contributed by atoms with Gasteiger partial charge in [0.15, 0.2) is 0 Å². The Morgan fingerprint density at radius 2 is 2.18 bits per heavy atom. The summed E-state index contributed by atoms with van der Waals surface area (Å²) in [6.07, 6.45) is 6.13. The zero-order valence-corrected chi connectivity index (χ0v) is 13.1. The second-order valence-corrected chi connectivity index (χ2v) is 6.10. The van der Waals surface area contributed by atoms with E-state index in [1.54, 1.807) is 0 Å². The number of rotatable bonds is 4. The van der Waals surface area contributed by atoms with Gasteiger partial charge >= 0.3 is 0 Å². The molecule has 0 radical (unpaired) electrons. The van der Waals surface area contributed by atoms with Crippen LogP contribution in [0, 0.1) is 0 Å². The van der Waals surface area contributed by atoms with Gasteiger partial charge in [0.2, 0.25) is 0 Å². The third-order valence-corrected chi connectivity index (χ3v) is 4.34. The van der Waals surface area contributed by atoms with Crippen LogP contribution in [0.1, 0.15) is 37.8 Å². The Labute approximate surface area is 120 Å². The van der Waals surface area contributed by atoms with Gasteiger partial charge in [-0.15, -0.1) is 0 Å². The third-order valence-electron chi connectivity index (χ3n) is 3.12. The van der Waals surface area contributed by atoms with Crippen LogP contribution in [0.25, 0.3) is 0 Å². The Balaban J connectivity index is 2.34. The number of hydrogen-bond acceptors (Lipinski definition) is 1. The molecule has 3 heteroatoms. The normalized spacial score (nSPS) is 17.0. The van der Waals surface area contributed by atoms with Crippen LogP contribution in [0.5, 0.6) is 0 Å². The average molecular weight is 359 g/mol. The Morgan fingerprint density at radius 3 is 2.82 bits per heavy atom. The molecule has 1 atom stereocenters. The van der Waals surface area contributed by atoms with Gasteiger partial charge in [0.1, 0.15) is 0 Å². The molecule has 0 aromatic heterocycles. The molecule has 1 aliphatic carbocycles. The monoisotopic (exact) mass is 357 g/mol. The highest BCUT2D eigenvalue weighted by Gasteiger charge is 2.20. The molecule has 0 saturated carbocycles. The standard InChI is InChI=1S/C14H17Br2N/c1-2-17-14(10-5-3-4-6-10)12-9-11(15)7-8-13(12)16/h5,7-9,14,17H,2-4,6H2,1H3. The average Bonchev–Trinajstić information content (AvgIpc) is 2.83. The minimum absolute atomic E-state index is 0.356. The number of halogens is 2. The predicted octanol–water partition coefficient (Wildman–Crippen LogP) is 4.97. The van der Waals surface area contributed by atoms with Crippen molar-refractivity contribution >= 4 is 31.9 Å². The maximum atomic E-state index is 3.66. The van der Waals surface area contributed by atoms with E-state index in [-0.39, 0.29) is 0 Å². The molecule has 1 nitrogen and oxygen atoms in total. The lowest BCUT2D eigenvalue weighted by Gasteiger charge is -2.21. The van der Waals surface area contributed by atoms with Crippen LogP contribution in [0.3, 0.4) is 0 Å². The zero-order chi connectivity index (χ0) is 12.3. The van der Waals surface area contributed by atoms with Crippen molar-refractivity contribution in [1.82, 2.24) is 5.32 Å². The summed E-state index contributed by atoms with van der Waals surface area (Å²) < 4.78 is 2.32. The highest BCUT2D eigenvalue weighted by molar-refractivity contribution is 9.11. The van der Waals surface area contributed by atoms with Gasteiger partial charge in [-0.1, -0.05) is 50.4 Å². The van der Waals surface area contributed by atoms with Crippen molar-refractivity contribution < 1.29 is 0 Å². The summed E-state index contributed by atoms with van der Waals surface area (Å²) in [5, 5.41) is 3.59.